The van der Waals surface area contributed by atoms with Crippen LogP contribution < -0.4 is 14.8 Å². The van der Waals surface area contributed by atoms with Crippen LogP contribution in [0.4, 0.5) is 5.69 Å². The van der Waals surface area contributed by atoms with E-state index in [2.05, 4.69) is 18.3 Å². The maximum absolute atomic E-state index is 12.1. The first kappa shape index (κ1) is 15.9. The van der Waals surface area contributed by atoms with Gasteiger partial charge in [-0.3, -0.25) is 4.79 Å². The Morgan fingerprint density at radius 3 is 2.55 bits per heavy atom. The summed E-state index contributed by atoms with van der Waals surface area (Å²) in [6, 6.07) is 13.3. The molecule has 2 aromatic carbocycles. The number of hydrogen-bond acceptors (Lipinski definition) is 3. The van der Waals surface area contributed by atoms with Gasteiger partial charge < -0.3 is 14.8 Å². The normalized spacial score (nSPS) is 10.1. The average molecular weight is 299 g/mol. The highest BCUT2D eigenvalue weighted by atomic mass is 16.5. The Kier molecular flexibility index (Phi) is 5.42. The van der Waals surface area contributed by atoms with Crippen LogP contribution in [0.2, 0.25) is 0 Å². The lowest BCUT2D eigenvalue weighted by Gasteiger charge is -2.12. The molecule has 2 rings (SSSR count). The predicted molar refractivity (Wildman–Crippen MR) is 87.7 cm³/mol. The van der Waals surface area contributed by atoms with Gasteiger partial charge in [0.15, 0.2) is 18.1 Å². The van der Waals surface area contributed by atoms with E-state index in [1.807, 2.05) is 31.2 Å². The molecule has 0 atom stereocenters. The molecule has 116 valence electrons. The summed E-state index contributed by atoms with van der Waals surface area (Å²) in [4.78, 5) is 12.1. The fourth-order valence-electron chi connectivity index (χ4n) is 2.09. The number of rotatable bonds is 6. The number of carbonyl (C=O) groups excluding carboxylic acids is 1. The summed E-state index contributed by atoms with van der Waals surface area (Å²) in [6.07, 6.45) is 0.931. The number of ether oxygens (including phenoxy) is 2. The maximum atomic E-state index is 12.1. The van der Waals surface area contributed by atoms with Crippen LogP contribution in [0.1, 0.15) is 18.1 Å². The first-order valence-corrected chi connectivity index (χ1v) is 7.29. The van der Waals surface area contributed by atoms with Crippen molar-refractivity contribution in [1.29, 1.82) is 0 Å². The van der Waals surface area contributed by atoms with Crippen molar-refractivity contribution in [1.82, 2.24) is 0 Å². The lowest BCUT2D eigenvalue weighted by Crippen LogP contribution is -2.21. The van der Waals surface area contributed by atoms with Gasteiger partial charge in [0.05, 0.1) is 7.11 Å². The van der Waals surface area contributed by atoms with Crippen molar-refractivity contribution in [3.8, 4) is 11.5 Å². The molecule has 4 nitrogen and oxygen atoms in total. The third-order valence-corrected chi connectivity index (χ3v) is 3.41. The maximum Gasteiger partial charge on any atom is 0.262 e. The summed E-state index contributed by atoms with van der Waals surface area (Å²) in [5.74, 6) is 0.973. The second-order valence-corrected chi connectivity index (χ2v) is 4.99. The molecule has 0 aliphatic rings. The van der Waals surface area contributed by atoms with Crippen LogP contribution in [0.5, 0.6) is 11.5 Å². The molecule has 0 spiro atoms. The molecule has 0 heterocycles. The molecule has 0 aliphatic heterocycles. The topological polar surface area (TPSA) is 47.6 Å². The molecule has 0 bridgehead atoms. The van der Waals surface area contributed by atoms with Gasteiger partial charge in [0, 0.05) is 5.69 Å². The van der Waals surface area contributed by atoms with Crippen molar-refractivity contribution in [3.05, 3.63) is 53.6 Å². The number of nitrogens with one attached hydrogen (secondary N) is 1. The van der Waals surface area contributed by atoms with E-state index < -0.39 is 0 Å². The van der Waals surface area contributed by atoms with Gasteiger partial charge in [-0.15, -0.1) is 0 Å². The molecular weight excluding hydrogens is 278 g/mol. The molecular formula is C18H21NO3. The molecule has 0 unspecified atom stereocenters. The Morgan fingerprint density at radius 1 is 1.14 bits per heavy atom. The number of anilines is 1. The molecule has 0 aromatic heterocycles. The van der Waals surface area contributed by atoms with Crippen LogP contribution in [0.3, 0.4) is 0 Å². The number of para-hydroxylation sites is 2. The van der Waals surface area contributed by atoms with Gasteiger partial charge in [-0.25, -0.2) is 0 Å². The van der Waals surface area contributed by atoms with E-state index >= 15 is 0 Å². The number of benzene rings is 2. The van der Waals surface area contributed by atoms with E-state index in [4.69, 9.17) is 9.47 Å². The van der Waals surface area contributed by atoms with Crippen molar-refractivity contribution in [2.24, 2.45) is 0 Å². The van der Waals surface area contributed by atoms with Crippen molar-refractivity contribution in [2.75, 3.05) is 19.0 Å². The molecule has 0 saturated carbocycles. The molecule has 22 heavy (non-hydrogen) atoms. The fourth-order valence-corrected chi connectivity index (χ4v) is 2.09. The van der Waals surface area contributed by atoms with Gasteiger partial charge >= 0.3 is 0 Å². The van der Waals surface area contributed by atoms with Crippen LogP contribution in [0, 0.1) is 6.92 Å². The highest BCUT2D eigenvalue weighted by molar-refractivity contribution is 5.92. The van der Waals surface area contributed by atoms with Gasteiger partial charge in [0.25, 0.3) is 5.91 Å². The molecule has 0 radical (unpaired) electrons. The molecule has 4 heteroatoms. The van der Waals surface area contributed by atoms with E-state index in [1.165, 1.54) is 5.56 Å². The Labute approximate surface area is 131 Å². The summed E-state index contributed by atoms with van der Waals surface area (Å²) in [5.41, 5.74) is 3.04. The lowest BCUT2D eigenvalue weighted by molar-refractivity contribution is -0.118. The number of carbonyl (C=O) groups is 1. The quantitative estimate of drug-likeness (QED) is 0.887. The summed E-state index contributed by atoms with van der Waals surface area (Å²) in [5, 5.41) is 2.89. The monoisotopic (exact) mass is 299 g/mol. The summed E-state index contributed by atoms with van der Waals surface area (Å²) < 4.78 is 10.7. The van der Waals surface area contributed by atoms with Crippen LogP contribution in [-0.2, 0) is 11.2 Å². The highest BCUT2D eigenvalue weighted by Gasteiger charge is 2.08. The molecule has 0 saturated heterocycles. The molecule has 1 N–H and O–H groups in total. The Morgan fingerprint density at radius 2 is 1.86 bits per heavy atom. The van der Waals surface area contributed by atoms with E-state index in [0.29, 0.717) is 11.5 Å². The minimum Gasteiger partial charge on any atom is -0.493 e. The molecule has 0 fully saturated rings. The lowest BCUT2D eigenvalue weighted by atomic mass is 10.1. The predicted octanol–water partition coefficient (Wildman–Crippen LogP) is 3.58. The SMILES string of the molecule is CCc1ccc(C)c(NC(=O)COc2ccccc2OC)c1. The zero-order chi connectivity index (χ0) is 15.9. The highest BCUT2D eigenvalue weighted by Crippen LogP contribution is 2.25. The van der Waals surface area contributed by atoms with Gasteiger partial charge in [0.1, 0.15) is 0 Å². The summed E-state index contributed by atoms with van der Waals surface area (Å²) in [7, 11) is 1.57. The van der Waals surface area contributed by atoms with Gasteiger partial charge in [0.2, 0.25) is 0 Å². The smallest absolute Gasteiger partial charge is 0.262 e. The minimum absolute atomic E-state index is 0.0594. The third kappa shape index (κ3) is 4.01. The van der Waals surface area contributed by atoms with Crippen LogP contribution in [0.15, 0.2) is 42.5 Å². The Bertz CT molecular complexity index is 653. The summed E-state index contributed by atoms with van der Waals surface area (Å²) >= 11 is 0. The van der Waals surface area contributed by atoms with Gasteiger partial charge in [-0.05, 0) is 42.7 Å². The first-order valence-electron chi connectivity index (χ1n) is 7.29. The van der Waals surface area contributed by atoms with Gasteiger partial charge in [-0.2, -0.15) is 0 Å². The number of methoxy groups -OCH3 is 1. The molecule has 0 aliphatic carbocycles. The van der Waals surface area contributed by atoms with E-state index in [-0.39, 0.29) is 12.5 Å². The standard InChI is InChI=1S/C18H21NO3/c1-4-14-10-9-13(2)15(11-14)19-18(20)12-22-17-8-6-5-7-16(17)21-3/h5-11H,4,12H2,1-3H3,(H,19,20). The number of amides is 1. The second kappa shape index (κ2) is 7.50. The largest absolute Gasteiger partial charge is 0.493 e. The zero-order valence-electron chi connectivity index (χ0n) is 13.2. The second-order valence-electron chi connectivity index (χ2n) is 4.99. The molecule has 1 amide bonds. The average Bonchev–Trinajstić information content (AvgIpc) is 2.55. The number of hydrogen-bond donors (Lipinski definition) is 1. The van der Waals surface area contributed by atoms with Crippen molar-refractivity contribution >= 4 is 11.6 Å². The van der Waals surface area contributed by atoms with Crippen molar-refractivity contribution < 1.29 is 14.3 Å². The summed E-state index contributed by atoms with van der Waals surface area (Å²) in [6.45, 7) is 3.99. The third-order valence-electron chi connectivity index (χ3n) is 3.41. The zero-order valence-corrected chi connectivity index (χ0v) is 13.2. The van der Waals surface area contributed by atoms with Gasteiger partial charge in [-0.1, -0.05) is 31.2 Å². The van der Waals surface area contributed by atoms with Crippen LogP contribution in [-0.4, -0.2) is 19.6 Å². The van der Waals surface area contributed by atoms with Crippen molar-refractivity contribution in [3.63, 3.8) is 0 Å². The van der Waals surface area contributed by atoms with E-state index in [0.717, 1.165) is 17.7 Å². The van der Waals surface area contributed by atoms with Crippen LogP contribution >= 0.6 is 0 Å². The Hall–Kier alpha value is -2.49. The van der Waals surface area contributed by atoms with Crippen LogP contribution in [0.25, 0.3) is 0 Å². The Balaban J connectivity index is 1.99. The van der Waals surface area contributed by atoms with Crippen molar-refractivity contribution in [2.45, 2.75) is 20.3 Å². The first-order chi connectivity index (χ1) is 10.6. The number of aryl methyl sites for hydroxylation is 2. The van der Waals surface area contributed by atoms with E-state index in [9.17, 15) is 4.79 Å². The fraction of sp³-hybridized carbons (Fsp3) is 0.278. The minimum atomic E-state index is -0.192. The van der Waals surface area contributed by atoms with E-state index in [1.54, 1.807) is 19.2 Å². The molecule has 2 aromatic rings.